The van der Waals surface area contributed by atoms with E-state index in [1.807, 2.05) is 13.1 Å². The van der Waals surface area contributed by atoms with Crippen LogP contribution in [0.3, 0.4) is 0 Å². The highest BCUT2D eigenvalue weighted by Crippen LogP contribution is 2.65. The zero-order valence-corrected chi connectivity index (χ0v) is 18.8. The van der Waals surface area contributed by atoms with Gasteiger partial charge in [-0.15, -0.1) is 0 Å². The van der Waals surface area contributed by atoms with E-state index >= 15 is 0 Å². The van der Waals surface area contributed by atoms with E-state index in [-0.39, 0.29) is 37.1 Å². The summed E-state index contributed by atoms with van der Waals surface area (Å²) in [5.41, 5.74) is -0.0326. The highest BCUT2D eigenvalue weighted by atomic mass is 16.6. The van der Waals surface area contributed by atoms with Crippen LogP contribution in [0.2, 0.25) is 0 Å². The van der Waals surface area contributed by atoms with Crippen molar-refractivity contribution in [2.45, 2.75) is 68.3 Å². The van der Waals surface area contributed by atoms with Crippen LogP contribution in [-0.4, -0.2) is 76.1 Å². The maximum Gasteiger partial charge on any atom is 0.312 e. The lowest BCUT2D eigenvalue weighted by molar-refractivity contribution is -0.169. The second-order valence-corrected chi connectivity index (χ2v) is 9.73. The number of piperidine rings is 1. The Bertz CT molecular complexity index is 1040. The number of benzene rings is 1. The molecule has 1 aromatic rings. The summed E-state index contributed by atoms with van der Waals surface area (Å²) in [5.74, 6) is -0.135. The molecule has 2 bridgehead atoms. The molecule has 1 aromatic carbocycles. The van der Waals surface area contributed by atoms with E-state index in [9.17, 15) is 24.9 Å². The maximum atomic E-state index is 12.6. The number of ether oxygens (including phenoxy) is 2. The molecular formula is C24H30N2O7. The predicted molar refractivity (Wildman–Crippen MR) is 117 cm³/mol. The molecular weight excluding hydrogens is 428 g/mol. The molecule has 33 heavy (non-hydrogen) atoms. The second kappa shape index (κ2) is 7.72. The molecule has 9 nitrogen and oxygen atoms in total. The number of rotatable bonds is 6. The summed E-state index contributed by atoms with van der Waals surface area (Å²) in [4.78, 5) is 26.4. The third-order valence-electron chi connectivity index (χ3n) is 7.72. The Morgan fingerprint density at radius 2 is 2.18 bits per heavy atom. The SMILES string of the molecule is C[C@@H](O)CC(=O)NCCC(=O)OC1=CC[C@@]2(O)[C@H]3Cc4ccc(O)c5c4C2(CCN3C)C1O5. The average Bonchev–Trinajstić information content (AvgIpc) is 3.10. The number of likely N-dealkylation sites (N-methyl/N-ethyl adjacent to an activating group) is 1. The van der Waals surface area contributed by atoms with Crippen molar-refractivity contribution in [3.63, 3.8) is 0 Å². The predicted octanol–water partition coefficient (Wildman–Crippen LogP) is 0.490. The molecule has 178 valence electrons. The van der Waals surface area contributed by atoms with Crippen molar-refractivity contribution in [2.75, 3.05) is 20.1 Å². The molecule has 9 heteroatoms. The van der Waals surface area contributed by atoms with Crippen LogP contribution >= 0.6 is 0 Å². The molecule has 2 aliphatic carbocycles. The lowest BCUT2D eigenvalue weighted by Crippen LogP contribution is -2.74. The maximum absolute atomic E-state index is 12.6. The number of hydrogen-bond donors (Lipinski definition) is 4. The number of likely N-dealkylation sites (tertiary alicyclic amines) is 1. The number of amides is 1. The monoisotopic (exact) mass is 458 g/mol. The van der Waals surface area contributed by atoms with Crippen LogP contribution in [0.1, 0.15) is 43.7 Å². The fraction of sp³-hybridized carbons (Fsp3) is 0.583. The number of aliphatic hydroxyl groups is 2. The number of aromatic hydroxyl groups is 1. The summed E-state index contributed by atoms with van der Waals surface area (Å²) in [7, 11) is 2.01. The fourth-order valence-electron chi connectivity index (χ4n) is 6.26. The number of nitrogens with zero attached hydrogens (tertiary/aromatic N) is 1. The standard InChI is InChI=1S/C24H30N2O7/c1-13(27)11-18(29)25-9-6-19(30)32-16-5-7-24(31)17-12-14-3-4-15(28)21-20(14)23(24,22(16)33-21)8-10-26(17)2/h3-5,13,17,22,27-28,31H,6-12H2,1-2H3,(H,25,29)/t13-,17-,22?,23?,24-/m1/s1. The zero-order valence-electron chi connectivity index (χ0n) is 18.8. The van der Waals surface area contributed by atoms with Gasteiger partial charge in [-0.1, -0.05) is 6.07 Å². The van der Waals surface area contributed by atoms with Gasteiger partial charge in [-0.25, -0.2) is 0 Å². The summed E-state index contributed by atoms with van der Waals surface area (Å²) in [6, 6.07) is 3.40. The molecule has 5 rings (SSSR count). The van der Waals surface area contributed by atoms with Crippen LogP contribution in [0, 0.1) is 0 Å². The molecule has 4 aliphatic rings. The molecule has 1 saturated heterocycles. The molecule has 4 N–H and O–H groups in total. The van der Waals surface area contributed by atoms with Crippen LogP contribution in [0.25, 0.3) is 0 Å². The topological polar surface area (TPSA) is 129 Å². The molecule has 0 aromatic heterocycles. The number of aliphatic hydroxyl groups excluding tert-OH is 1. The molecule has 2 unspecified atom stereocenters. The first-order chi connectivity index (χ1) is 15.7. The van der Waals surface area contributed by atoms with Crippen molar-refractivity contribution in [1.82, 2.24) is 10.2 Å². The summed E-state index contributed by atoms with van der Waals surface area (Å²) in [6.45, 7) is 2.36. The first-order valence-electron chi connectivity index (χ1n) is 11.5. The Morgan fingerprint density at radius 1 is 1.39 bits per heavy atom. The number of phenols is 1. The van der Waals surface area contributed by atoms with Gasteiger partial charge in [-0.3, -0.25) is 9.59 Å². The van der Waals surface area contributed by atoms with Gasteiger partial charge in [0.2, 0.25) is 5.91 Å². The fourth-order valence-corrected chi connectivity index (χ4v) is 6.26. The van der Waals surface area contributed by atoms with Gasteiger partial charge in [-0.2, -0.15) is 0 Å². The molecule has 1 fully saturated rings. The Balaban J connectivity index is 1.40. The van der Waals surface area contributed by atoms with E-state index in [2.05, 4.69) is 10.2 Å². The van der Waals surface area contributed by atoms with Gasteiger partial charge in [0.15, 0.2) is 17.6 Å². The number of carbonyl (C=O) groups is 2. The number of hydrogen-bond acceptors (Lipinski definition) is 8. The van der Waals surface area contributed by atoms with Gasteiger partial charge in [0, 0.05) is 24.6 Å². The smallest absolute Gasteiger partial charge is 0.312 e. The van der Waals surface area contributed by atoms with Crippen LogP contribution in [0.15, 0.2) is 24.0 Å². The molecule has 5 atom stereocenters. The van der Waals surface area contributed by atoms with E-state index in [1.54, 1.807) is 12.1 Å². The van der Waals surface area contributed by atoms with Gasteiger partial charge in [0.25, 0.3) is 0 Å². The van der Waals surface area contributed by atoms with Gasteiger partial charge < -0.3 is 35.0 Å². The van der Waals surface area contributed by atoms with Gasteiger partial charge >= 0.3 is 5.97 Å². The van der Waals surface area contributed by atoms with Crippen LogP contribution < -0.4 is 10.1 Å². The average molecular weight is 459 g/mol. The van der Waals surface area contributed by atoms with Gasteiger partial charge in [-0.05, 0) is 51.1 Å². The lowest BCUT2D eigenvalue weighted by Gasteiger charge is -2.61. The Hall–Kier alpha value is -2.62. The normalized spacial score (nSPS) is 32.3. The molecule has 2 heterocycles. The summed E-state index contributed by atoms with van der Waals surface area (Å²) < 4.78 is 11.9. The highest BCUT2D eigenvalue weighted by molar-refractivity contribution is 5.77. The third kappa shape index (κ3) is 3.17. The summed E-state index contributed by atoms with van der Waals surface area (Å²) in [6.07, 6.45) is 1.76. The first kappa shape index (κ1) is 22.2. The molecule has 2 aliphatic heterocycles. The Labute approximate surface area is 192 Å². The van der Waals surface area contributed by atoms with Crippen molar-refractivity contribution in [3.05, 3.63) is 35.1 Å². The molecule has 1 spiro atoms. The van der Waals surface area contributed by atoms with E-state index in [0.717, 1.165) is 17.7 Å². The Morgan fingerprint density at radius 3 is 2.94 bits per heavy atom. The van der Waals surface area contributed by atoms with Gasteiger partial charge in [0.1, 0.15) is 5.76 Å². The van der Waals surface area contributed by atoms with Crippen molar-refractivity contribution in [3.8, 4) is 11.5 Å². The molecule has 1 amide bonds. The number of esters is 1. The molecule has 0 saturated carbocycles. The third-order valence-corrected chi connectivity index (χ3v) is 7.72. The largest absolute Gasteiger partial charge is 0.504 e. The zero-order chi connectivity index (χ0) is 23.5. The number of nitrogens with one attached hydrogen (secondary N) is 1. The Kier molecular flexibility index (Phi) is 5.19. The minimum Gasteiger partial charge on any atom is -0.504 e. The lowest BCUT2D eigenvalue weighted by atomic mass is 9.50. The van der Waals surface area contributed by atoms with Crippen LogP contribution in [0.4, 0.5) is 0 Å². The van der Waals surface area contributed by atoms with Crippen molar-refractivity contribution < 1.29 is 34.4 Å². The van der Waals surface area contributed by atoms with Crippen molar-refractivity contribution in [2.24, 2.45) is 0 Å². The minimum absolute atomic E-state index is 0.0174. The first-order valence-corrected chi connectivity index (χ1v) is 11.5. The second-order valence-electron chi connectivity index (χ2n) is 9.73. The van der Waals surface area contributed by atoms with Gasteiger partial charge in [0.05, 0.1) is 30.0 Å². The van der Waals surface area contributed by atoms with E-state index in [4.69, 9.17) is 9.47 Å². The number of carbonyl (C=O) groups excluding carboxylic acids is 2. The summed E-state index contributed by atoms with van der Waals surface area (Å²) in [5, 5.41) is 34.4. The van der Waals surface area contributed by atoms with Crippen LogP contribution in [-0.2, 0) is 26.2 Å². The van der Waals surface area contributed by atoms with E-state index < -0.39 is 29.2 Å². The minimum atomic E-state index is -1.11. The molecule has 0 radical (unpaired) electrons. The quantitative estimate of drug-likeness (QED) is 0.454. The summed E-state index contributed by atoms with van der Waals surface area (Å²) >= 11 is 0. The van der Waals surface area contributed by atoms with Crippen molar-refractivity contribution in [1.29, 1.82) is 0 Å². The highest BCUT2D eigenvalue weighted by Gasteiger charge is 2.72. The van der Waals surface area contributed by atoms with Crippen LogP contribution in [0.5, 0.6) is 11.5 Å². The van der Waals surface area contributed by atoms with E-state index in [1.165, 1.54) is 6.92 Å². The van der Waals surface area contributed by atoms with E-state index in [0.29, 0.717) is 30.8 Å². The van der Waals surface area contributed by atoms with Crippen molar-refractivity contribution >= 4 is 11.9 Å². The number of phenolic OH excluding ortho intramolecular Hbond substituents is 1.